The molecule has 3 fully saturated rings. The predicted octanol–water partition coefficient (Wildman–Crippen LogP) is 4.53. The smallest absolute Gasteiger partial charge is 0.408 e. The monoisotopic (exact) mass is 499 g/mol. The lowest BCUT2D eigenvalue weighted by molar-refractivity contribution is -0.119. The number of aromatic nitrogens is 1. The van der Waals surface area contributed by atoms with Gasteiger partial charge in [0.25, 0.3) is 0 Å². The van der Waals surface area contributed by atoms with Crippen LogP contribution in [0.15, 0.2) is 18.3 Å². The molecule has 9 nitrogen and oxygen atoms in total. The summed E-state index contributed by atoms with van der Waals surface area (Å²) in [4.78, 5) is 46.8. The van der Waals surface area contributed by atoms with Crippen LogP contribution in [0, 0.1) is 11.8 Å². The van der Waals surface area contributed by atoms with Crippen molar-refractivity contribution in [2.45, 2.75) is 96.4 Å². The van der Waals surface area contributed by atoms with Crippen molar-refractivity contribution < 1.29 is 19.1 Å². The molecule has 2 N–H and O–H groups in total. The Bertz CT molecular complexity index is 979. The average molecular weight is 500 g/mol. The van der Waals surface area contributed by atoms with Gasteiger partial charge in [-0.1, -0.05) is 19.8 Å². The second-order valence-corrected chi connectivity index (χ2v) is 12.0. The van der Waals surface area contributed by atoms with Crippen LogP contribution in [0.3, 0.4) is 0 Å². The molecule has 1 aliphatic heterocycles. The highest BCUT2D eigenvalue weighted by atomic mass is 16.6. The third-order valence-corrected chi connectivity index (χ3v) is 7.97. The van der Waals surface area contributed by atoms with Crippen LogP contribution in [0.25, 0.3) is 0 Å². The number of nitrogens with zero attached hydrogens (tertiary/aromatic N) is 3. The van der Waals surface area contributed by atoms with E-state index >= 15 is 0 Å². The van der Waals surface area contributed by atoms with E-state index in [-0.39, 0.29) is 23.4 Å². The van der Waals surface area contributed by atoms with E-state index in [0.717, 1.165) is 57.1 Å². The fourth-order valence-electron chi connectivity index (χ4n) is 5.66. The van der Waals surface area contributed by atoms with Crippen molar-refractivity contribution >= 4 is 23.8 Å². The van der Waals surface area contributed by atoms with Crippen LogP contribution < -0.4 is 10.6 Å². The zero-order chi connectivity index (χ0) is 26.1. The largest absolute Gasteiger partial charge is 0.444 e. The lowest BCUT2D eigenvalue weighted by Gasteiger charge is -2.42. The molecule has 198 valence electrons. The van der Waals surface area contributed by atoms with Crippen LogP contribution in [0.4, 0.5) is 15.4 Å². The minimum atomic E-state index is -0.704. The molecular weight excluding hydrogens is 458 g/mol. The van der Waals surface area contributed by atoms with Crippen molar-refractivity contribution in [2.24, 2.45) is 11.8 Å². The van der Waals surface area contributed by atoms with Gasteiger partial charge >= 0.3 is 12.1 Å². The highest BCUT2D eigenvalue weighted by molar-refractivity contribution is 5.96. The molecule has 1 unspecified atom stereocenters. The van der Waals surface area contributed by atoms with E-state index < -0.39 is 17.7 Å². The number of carbonyl (C=O) groups excluding carboxylic acids is 3. The molecule has 1 aromatic rings. The molecule has 36 heavy (non-hydrogen) atoms. The van der Waals surface area contributed by atoms with Gasteiger partial charge in [0.1, 0.15) is 17.5 Å². The standard InChI is InChI=1S/C27H41N5O4/c1-18-7-9-20(10-8-18)22(30-24(34)36-26(2,3)4)23(33)29-21-15-19(11-14-28-21)16-32-17-27(12-6-13-27)31(5)25(32)35/h11,14-15,18,20,22H,6-10,12-13,16-17H2,1-5H3,(H,30,34)(H,28,29,33). The summed E-state index contributed by atoms with van der Waals surface area (Å²) >= 11 is 0. The molecule has 9 heteroatoms. The number of carbonyl (C=O) groups is 3. The maximum absolute atomic E-state index is 13.4. The minimum Gasteiger partial charge on any atom is -0.444 e. The maximum atomic E-state index is 13.4. The summed E-state index contributed by atoms with van der Waals surface area (Å²) in [6.45, 7) is 8.82. The minimum absolute atomic E-state index is 0.0147. The predicted molar refractivity (Wildman–Crippen MR) is 137 cm³/mol. The van der Waals surface area contributed by atoms with E-state index in [1.54, 1.807) is 27.0 Å². The van der Waals surface area contributed by atoms with E-state index in [1.165, 1.54) is 0 Å². The van der Waals surface area contributed by atoms with Gasteiger partial charge in [0.15, 0.2) is 0 Å². The van der Waals surface area contributed by atoms with Gasteiger partial charge in [0, 0.05) is 26.3 Å². The number of rotatable bonds is 6. The second-order valence-electron chi connectivity index (χ2n) is 12.0. The van der Waals surface area contributed by atoms with Crippen LogP contribution in [-0.4, -0.2) is 63.6 Å². The van der Waals surface area contributed by atoms with Crippen LogP contribution in [-0.2, 0) is 16.1 Å². The van der Waals surface area contributed by atoms with Gasteiger partial charge in [-0.3, -0.25) is 4.79 Å². The van der Waals surface area contributed by atoms with Crippen molar-refractivity contribution in [3.63, 3.8) is 0 Å². The first-order valence-corrected chi connectivity index (χ1v) is 13.2. The fraction of sp³-hybridized carbons (Fsp3) is 0.704. The van der Waals surface area contributed by atoms with E-state index in [4.69, 9.17) is 4.74 Å². The number of anilines is 1. The summed E-state index contributed by atoms with van der Waals surface area (Å²) in [7, 11) is 1.89. The number of hydrogen-bond acceptors (Lipinski definition) is 5. The zero-order valence-electron chi connectivity index (χ0n) is 22.3. The number of likely N-dealkylation sites (N-methyl/N-ethyl adjacent to an activating group) is 1. The van der Waals surface area contributed by atoms with E-state index in [1.807, 2.05) is 29.0 Å². The molecule has 4 amide bonds. The van der Waals surface area contributed by atoms with Crippen LogP contribution in [0.5, 0.6) is 0 Å². The Morgan fingerprint density at radius 1 is 1.22 bits per heavy atom. The summed E-state index contributed by atoms with van der Waals surface area (Å²) < 4.78 is 5.44. The highest BCUT2D eigenvalue weighted by Crippen LogP contribution is 2.42. The molecule has 1 spiro atoms. The van der Waals surface area contributed by atoms with Gasteiger partial charge in [0.2, 0.25) is 5.91 Å². The molecule has 1 atom stereocenters. The first-order chi connectivity index (χ1) is 17.0. The molecule has 1 aromatic heterocycles. The summed E-state index contributed by atoms with van der Waals surface area (Å²) in [5.74, 6) is 0.774. The van der Waals surface area contributed by atoms with Crippen molar-refractivity contribution in [2.75, 3.05) is 18.9 Å². The van der Waals surface area contributed by atoms with Gasteiger partial charge in [0.05, 0.1) is 5.54 Å². The maximum Gasteiger partial charge on any atom is 0.408 e. The molecule has 0 radical (unpaired) electrons. The van der Waals surface area contributed by atoms with E-state index in [9.17, 15) is 14.4 Å². The molecular formula is C27H41N5O4. The summed E-state index contributed by atoms with van der Waals surface area (Å²) in [6, 6.07) is 3.02. The number of alkyl carbamates (subject to hydrolysis) is 1. The molecule has 0 aromatic carbocycles. The van der Waals surface area contributed by atoms with Crippen molar-refractivity contribution in [3.05, 3.63) is 23.9 Å². The average Bonchev–Trinajstić information content (AvgIpc) is 3.03. The van der Waals surface area contributed by atoms with E-state index in [2.05, 4.69) is 22.5 Å². The van der Waals surface area contributed by atoms with Crippen LogP contribution in [0.2, 0.25) is 0 Å². The number of hydrogen-bond donors (Lipinski definition) is 2. The van der Waals surface area contributed by atoms with Crippen molar-refractivity contribution in [1.82, 2.24) is 20.1 Å². The Morgan fingerprint density at radius 2 is 1.92 bits per heavy atom. The summed E-state index contributed by atoms with van der Waals surface area (Å²) in [5.41, 5.74) is 0.238. The van der Waals surface area contributed by atoms with Gasteiger partial charge in [-0.2, -0.15) is 0 Å². The van der Waals surface area contributed by atoms with Crippen molar-refractivity contribution in [3.8, 4) is 0 Å². The third-order valence-electron chi connectivity index (χ3n) is 7.97. The Hall–Kier alpha value is -2.84. The first-order valence-electron chi connectivity index (χ1n) is 13.2. The number of nitrogens with one attached hydrogen (secondary N) is 2. The van der Waals surface area contributed by atoms with Gasteiger partial charge in [-0.25, -0.2) is 14.6 Å². The van der Waals surface area contributed by atoms with E-state index in [0.29, 0.717) is 18.3 Å². The van der Waals surface area contributed by atoms with Gasteiger partial charge < -0.3 is 25.2 Å². The normalized spacial score (nSPS) is 24.3. The van der Waals surface area contributed by atoms with Gasteiger partial charge in [-0.15, -0.1) is 0 Å². The second kappa shape index (κ2) is 10.3. The summed E-state index contributed by atoms with van der Waals surface area (Å²) in [6.07, 6.45) is 8.11. The van der Waals surface area contributed by atoms with Gasteiger partial charge in [-0.05, 0) is 82.4 Å². The lowest BCUT2D eigenvalue weighted by atomic mass is 9.76. The third kappa shape index (κ3) is 5.93. The van der Waals surface area contributed by atoms with Crippen LogP contribution >= 0.6 is 0 Å². The van der Waals surface area contributed by atoms with Crippen molar-refractivity contribution in [1.29, 1.82) is 0 Å². The lowest BCUT2D eigenvalue weighted by Crippen LogP contribution is -2.50. The quantitative estimate of drug-likeness (QED) is 0.599. The summed E-state index contributed by atoms with van der Waals surface area (Å²) in [5, 5.41) is 5.73. The number of ether oxygens (including phenoxy) is 1. The zero-order valence-corrected chi connectivity index (χ0v) is 22.3. The topological polar surface area (TPSA) is 104 Å². The molecule has 3 aliphatic rings. The first kappa shape index (κ1) is 26.2. The number of urea groups is 1. The highest BCUT2D eigenvalue weighted by Gasteiger charge is 2.51. The van der Waals surface area contributed by atoms with Crippen LogP contribution in [0.1, 0.15) is 78.2 Å². The molecule has 2 aliphatic carbocycles. The Kier molecular flexibility index (Phi) is 7.48. The fourth-order valence-corrected chi connectivity index (χ4v) is 5.66. The number of amides is 4. The molecule has 0 bridgehead atoms. The molecule has 4 rings (SSSR count). The molecule has 1 saturated heterocycles. The number of pyridine rings is 1. The Labute approximate surface area is 214 Å². The Morgan fingerprint density at radius 3 is 2.50 bits per heavy atom. The molecule has 2 heterocycles. The Balaban J connectivity index is 1.43. The molecule has 2 saturated carbocycles. The SMILES string of the molecule is CC1CCC(C(NC(=O)OC(C)(C)C)C(=O)Nc2cc(CN3CC4(CCC4)N(C)C3=O)ccn2)CC1.